The van der Waals surface area contributed by atoms with Gasteiger partial charge in [-0.1, -0.05) is 12.1 Å². The molecule has 0 aromatic heterocycles. The molecule has 7 heteroatoms. The molecule has 0 radical (unpaired) electrons. The summed E-state index contributed by atoms with van der Waals surface area (Å²) in [4.78, 5) is 0. The van der Waals surface area contributed by atoms with Crippen LogP contribution in [0.4, 0.5) is 0 Å². The van der Waals surface area contributed by atoms with Crippen LogP contribution in [0.3, 0.4) is 0 Å². The molecule has 6 nitrogen and oxygen atoms in total. The lowest BCUT2D eigenvalue weighted by Gasteiger charge is -2.26. The second-order valence-corrected chi connectivity index (χ2v) is 4.63. The Balaban J connectivity index is 2.98. The minimum Gasteiger partial charge on any atom is -0.411 e. The second kappa shape index (κ2) is 4.46. The fourth-order valence-electron chi connectivity index (χ4n) is 2.05. The minimum atomic E-state index is -4.52. The van der Waals surface area contributed by atoms with Gasteiger partial charge in [-0.3, -0.25) is 4.55 Å². The van der Waals surface area contributed by atoms with Gasteiger partial charge in [0.15, 0.2) is 0 Å². The van der Waals surface area contributed by atoms with E-state index in [0.717, 1.165) is 12.8 Å². The summed E-state index contributed by atoms with van der Waals surface area (Å²) in [6.07, 6.45) is 2.84. The first-order chi connectivity index (χ1) is 6.93. The molecule has 0 unspecified atom stereocenters. The van der Waals surface area contributed by atoms with Gasteiger partial charge in [-0.15, -0.1) is 0 Å². The fourth-order valence-corrected chi connectivity index (χ4v) is 2.72. The van der Waals surface area contributed by atoms with E-state index in [0.29, 0.717) is 19.3 Å². The predicted molar refractivity (Wildman–Crippen MR) is 53.3 cm³/mol. The molecule has 1 fully saturated rings. The van der Waals surface area contributed by atoms with Gasteiger partial charge in [0.2, 0.25) is 0 Å². The van der Waals surface area contributed by atoms with Crippen LogP contribution in [-0.4, -0.2) is 29.5 Å². The number of hydrogen-bond acceptors (Lipinski definition) is 5. The maximum Gasteiger partial charge on any atom is 0.398 e. The highest BCUT2D eigenvalue weighted by atomic mass is 32.3. The van der Waals surface area contributed by atoms with E-state index < -0.39 is 16.0 Å². The van der Waals surface area contributed by atoms with Crippen LogP contribution in [0.15, 0.2) is 5.16 Å². The molecule has 0 bridgehead atoms. The molecule has 1 aliphatic rings. The molecule has 1 rings (SSSR count). The topological polar surface area (TPSA) is 96.2 Å². The van der Waals surface area contributed by atoms with E-state index in [1.54, 1.807) is 6.92 Å². The Labute approximate surface area is 88.9 Å². The Morgan fingerprint density at radius 2 is 2.00 bits per heavy atom. The molecule has 0 spiro atoms. The lowest BCUT2D eigenvalue weighted by molar-refractivity contribution is 0.128. The van der Waals surface area contributed by atoms with Crippen molar-refractivity contribution in [3.8, 4) is 0 Å². The number of nitrogens with zero attached hydrogens (tertiary/aromatic N) is 1. The lowest BCUT2D eigenvalue weighted by Crippen LogP contribution is -2.40. The van der Waals surface area contributed by atoms with Crippen molar-refractivity contribution in [3.05, 3.63) is 0 Å². The van der Waals surface area contributed by atoms with Gasteiger partial charge in [0, 0.05) is 0 Å². The Morgan fingerprint density at radius 1 is 1.47 bits per heavy atom. The van der Waals surface area contributed by atoms with Gasteiger partial charge in [0.05, 0.1) is 5.71 Å². The van der Waals surface area contributed by atoms with Crippen molar-refractivity contribution < 1.29 is 22.4 Å². The SMILES string of the molecule is CC/C(=N\O)C1(OS(=O)(=O)O)CCCC1. The standard InChI is InChI=1S/C8H15NO5S/c1-2-7(9-10)8(5-3-4-6-8)14-15(11,12)13/h10H,2-6H2,1H3,(H,11,12,13)/b9-7+. The van der Waals surface area contributed by atoms with Gasteiger partial charge in [-0.25, -0.2) is 4.18 Å². The van der Waals surface area contributed by atoms with Crippen LogP contribution in [-0.2, 0) is 14.6 Å². The van der Waals surface area contributed by atoms with Crippen LogP contribution in [0, 0.1) is 0 Å². The van der Waals surface area contributed by atoms with E-state index in [4.69, 9.17) is 9.76 Å². The van der Waals surface area contributed by atoms with Gasteiger partial charge in [0.1, 0.15) is 5.60 Å². The second-order valence-electron chi connectivity index (χ2n) is 3.61. The molecule has 2 N–H and O–H groups in total. The molecule has 0 heterocycles. The fraction of sp³-hybridized carbons (Fsp3) is 0.875. The lowest BCUT2D eigenvalue weighted by atomic mass is 9.94. The summed E-state index contributed by atoms with van der Waals surface area (Å²) < 4.78 is 34.8. The highest BCUT2D eigenvalue weighted by Crippen LogP contribution is 2.36. The van der Waals surface area contributed by atoms with Crippen LogP contribution in [0.5, 0.6) is 0 Å². The molecular weight excluding hydrogens is 222 g/mol. The van der Waals surface area contributed by atoms with Crippen molar-refractivity contribution in [1.29, 1.82) is 0 Å². The molecule has 0 atom stereocenters. The Kier molecular flexibility index (Phi) is 3.69. The van der Waals surface area contributed by atoms with Crippen LogP contribution >= 0.6 is 0 Å². The normalized spacial score (nSPS) is 21.9. The molecule has 88 valence electrons. The molecule has 0 aromatic rings. The van der Waals surface area contributed by atoms with E-state index >= 15 is 0 Å². The first-order valence-corrected chi connectivity index (χ1v) is 6.19. The predicted octanol–water partition coefficient (Wildman–Crippen LogP) is 1.36. The van der Waals surface area contributed by atoms with Crippen LogP contribution in [0.1, 0.15) is 39.0 Å². The Bertz CT molecular complexity index is 342. The molecule has 0 aliphatic heterocycles. The van der Waals surface area contributed by atoms with Gasteiger partial charge in [-0.2, -0.15) is 8.42 Å². The Morgan fingerprint density at radius 3 is 2.33 bits per heavy atom. The van der Waals surface area contributed by atoms with E-state index in [2.05, 4.69) is 9.34 Å². The van der Waals surface area contributed by atoms with Crippen LogP contribution < -0.4 is 0 Å². The summed E-state index contributed by atoms with van der Waals surface area (Å²) in [7, 11) is -4.52. The summed E-state index contributed by atoms with van der Waals surface area (Å²) in [5.74, 6) is 0. The summed E-state index contributed by atoms with van der Waals surface area (Å²) in [5, 5.41) is 11.8. The molecule has 1 saturated carbocycles. The summed E-state index contributed by atoms with van der Waals surface area (Å²) in [6.45, 7) is 1.74. The molecule has 0 amide bonds. The third-order valence-corrected chi connectivity index (χ3v) is 3.19. The maximum atomic E-state index is 10.7. The van der Waals surface area contributed by atoms with E-state index in [-0.39, 0.29) is 5.71 Å². The highest BCUT2D eigenvalue weighted by Gasteiger charge is 2.43. The van der Waals surface area contributed by atoms with E-state index in [9.17, 15) is 8.42 Å². The van der Waals surface area contributed by atoms with Crippen LogP contribution in [0.2, 0.25) is 0 Å². The summed E-state index contributed by atoms with van der Waals surface area (Å²) >= 11 is 0. The van der Waals surface area contributed by atoms with Gasteiger partial charge in [-0.05, 0) is 32.1 Å². The zero-order valence-electron chi connectivity index (χ0n) is 8.51. The van der Waals surface area contributed by atoms with E-state index in [1.807, 2.05) is 0 Å². The third-order valence-electron chi connectivity index (χ3n) is 2.66. The van der Waals surface area contributed by atoms with Crippen molar-refractivity contribution in [3.63, 3.8) is 0 Å². The number of rotatable bonds is 4. The largest absolute Gasteiger partial charge is 0.411 e. The molecule has 0 aromatic carbocycles. The molecule has 1 aliphatic carbocycles. The zero-order valence-corrected chi connectivity index (χ0v) is 9.33. The maximum absolute atomic E-state index is 10.7. The average molecular weight is 237 g/mol. The first kappa shape index (κ1) is 12.4. The number of hydrogen-bond donors (Lipinski definition) is 2. The van der Waals surface area contributed by atoms with Crippen molar-refractivity contribution in [2.75, 3.05) is 0 Å². The Hall–Kier alpha value is -0.660. The van der Waals surface area contributed by atoms with Crippen molar-refractivity contribution >= 4 is 16.1 Å². The minimum absolute atomic E-state index is 0.262. The van der Waals surface area contributed by atoms with Gasteiger partial charge >= 0.3 is 10.4 Å². The third kappa shape index (κ3) is 2.90. The van der Waals surface area contributed by atoms with Gasteiger partial charge in [0.25, 0.3) is 0 Å². The van der Waals surface area contributed by atoms with Crippen LogP contribution in [0.25, 0.3) is 0 Å². The summed E-state index contributed by atoms with van der Waals surface area (Å²) in [5.41, 5.74) is -0.880. The summed E-state index contributed by atoms with van der Waals surface area (Å²) in [6, 6.07) is 0. The monoisotopic (exact) mass is 237 g/mol. The highest BCUT2D eigenvalue weighted by molar-refractivity contribution is 7.81. The average Bonchev–Trinajstić information content (AvgIpc) is 2.53. The van der Waals surface area contributed by atoms with Crippen molar-refractivity contribution in [1.82, 2.24) is 0 Å². The van der Waals surface area contributed by atoms with Crippen molar-refractivity contribution in [2.45, 2.75) is 44.6 Å². The molecular formula is C8H15NO5S. The number of oxime groups is 1. The first-order valence-electron chi connectivity index (χ1n) is 4.83. The van der Waals surface area contributed by atoms with Gasteiger partial charge < -0.3 is 5.21 Å². The molecule has 0 saturated heterocycles. The quantitative estimate of drug-likeness (QED) is 0.333. The van der Waals surface area contributed by atoms with E-state index in [1.165, 1.54) is 0 Å². The smallest absolute Gasteiger partial charge is 0.398 e. The van der Waals surface area contributed by atoms with Crippen molar-refractivity contribution in [2.24, 2.45) is 5.16 Å². The molecule has 15 heavy (non-hydrogen) atoms. The zero-order chi connectivity index (χ0) is 11.5.